The number of rotatable bonds is 20. The second-order valence-corrected chi connectivity index (χ2v) is 11.1. The molecule has 0 aliphatic carbocycles. The summed E-state index contributed by atoms with van der Waals surface area (Å²) in [6.45, 7) is 27.6. The zero-order valence-corrected chi connectivity index (χ0v) is 21.3. The van der Waals surface area contributed by atoms with E-state index >= 15 is 0 Å². The van der Waals surface area contributed by atoms with Crippen LogP contribution in [0, 0.1) is 0 Å². The van der Waals surface area contributed by atoms with Gasteiger partial charge in [-0.25, -0.2) is 0 Å². The van der Waals surface area contributed by atoms with Crippen LogP contribution in [0.5, 0.6) is 0 Å². The fourth-order valence-electron chi connectivity index (χ4n) is 3.87. The van der Waals surface area contributed by atoms with Gasteiger partial charge < -0.3 is 23.6 Å². The van der Waals surface area contributed by atoms with Crippen LogP contribution in [-0.4, -0.2) is 95.4 Å². The van der Waals surface area contributed by atoms with Crippen molar-refractivity contribution in [2.75, 3.05) is 72.1 Å². The first-order chi connectivity index (χ1) is 13.5. The molecule has 0 amide bonds. The minimum atomic E-state index is -1.98. The van der Waals surface area contributed by atoms with Gasteiger partial charge in [0.05, 0.1) is 0 Å². The summed E-state index contributed by atoms with van der Waals surface area (Å²) in [6.07, 6.45) is 3.70. The van der Waals surface area contributed by atoms with Gasteiger partial charge in [0.25, 0.3) is 0 Å². The third-order valence-corrected chi connectivity index (χ3v) is 8.75. The molecule has 6 heteroatoms. The van der Waals surface area contributed by atoms with Crippen molar-refractivity contribution >= 4 is 8.56 Å². The van der Waals surface area contributed by atoms with Crippen molar-refractivity contribution in [1.29, 1.82) is 0 Å². The van der Waals surface area contributed by atoms with E-state index in [2.05, 4.69) is 62.8 Å². The predicted molar refractivity (Wildman–Crippen MR) is 126 cm³/mol. The highest BCUT2D eigenvalue weighted by Crippen LogP contribution is 2.16. The minimum absolute atomic E-state index is 0.764. The highest BCUT2D eigenvalue weighted by atomic mass is 28.4. The second-order valence-electron chi connectivity index (χ2n) is 7.71. The summed E-state index contributed by atoms with van der Waals surface area (Å²) in [7, 11) is -1.98. The van der Waals surface area contributed by atoms with Crippen LogP contribution in [0.2, 0.25) is 12.6 Å². The fourth-order valence-corrected chi connectivity index (χ4v) is 6.27. The van der Waals surface area contributed by atoms with Crippen LogP contribution in [-0.2, 0) is 8.85 Å². The third kappa shape index (κ3) is 13.3. The lowest BCUT2D eigenvalue weighted by atomic mass is 10.2. The van der Waals surface area contributed by atoms with Gasteiger partial charge in [0.15, 0.2) is 0 Å². The first-order valence-corrected chi connectivity index (χ1v) is 14.5. The topological polar surface area (TPSA) is 28.2 Å². The molecule has 0 saturated carbocycles. The Labute approximate surface area is 178 Å². The Kier molecular flexibility index (Phi) is 17.9. The maximum absolute atomic E-state index is 6.02. The molecule has 5 nitrogen and oxygen atoms in total. The Balaban J connectivity index is 4.51. The largest absolute Gasteiger partial charge is 0.395 e. The zero-order chi connectivity index (χ0) is 21.3. The summed E-state index contributed by atoms with van der Waals surface area (Å²) in [5.41, 5.74) is 0. The smallest absolute Gasteiger partial charge is 0.334 e. The molecule has 0 aromatic carbocycles. The fraction of sp³-hybridized carbons (Fsp3) is 1.00. The maximum Gasteiger partial charge on any atom is 0.334 e. The summed E-state index contributed by atoms with van der Waals surface area (Å²) in [5.74, 6) is 0. The van der Waals surface area contributed by atoms with Crippen LogP contribution in [0.1, 0.15) is 60.8 Å². The van der Waals surface area contributed by atoms with E-state index in [4.69, 9.17) is 8.85 Å². The van der Waals surface area contributed by atoms with Gasteiger partial charge >= 0.3 is 8.56 Å². The maximum atomic E-state index is 6.02. The van der Waals surface area contributed by atoms with E-state index in [-0.39, 0.29) is 0 Å². The summed E-state index contributed by atoms with van der Waals surface area (Å²) in [4.78, 5) is 7.74. The molecule has 170 valence electrons. The lowest BCUT2D eigenvalue weighted by molar-refractivity contribution is 0.183. The molecule has 0 aliphatic heterocycles. The lowest BCUT2D eigenvalue weighted by Gasteiger charge is -2.29. The van der Waals surface area contributed by atoms with Crippen molar-refractivity contribution in [3.8, 4) is 0 Å². The molecule has 0 unspecified atom stereocenters. The number of nitrogens with zero attached hydrogens (tertiary/aromatic N) is 3. The van der Waals surface area contributed by atoms with E-state index < -0.39 is 8.56 Å². The molecule has 0 aliphatic rings. The van der Waals surface area contributed by atoms with Gasteiger partial charge in [-0.1, -0.05) is 27.7 Å². The first-order valence-electron chi connectivity index (χ1n) is 11.9. The van der Waals surface area contributed by atoms with Crippen LogP contribution < -0.4 is 0 Å². The molecular weight excluding hydrogens is 366 g/mol. The summed E-state index contributed by atoms with van der Waals surface area (Å²) >= 11 is 0. The molecule has 0 rings (SSSR count). The van der Waals surface area contributed by atoms with Gasteiger partial charge in [-0.3, -0.25) is 0 Å². The van der Waals surface area contributed by atoms with E-state index in [1.165, 1.54) is 52.0 Å². The highest BCUT2D eigenvalue weighted by molar-refractivity contribution is 6.66. The van der Waals surface area contributed by atoms with Crippen molar-refractivity contribution in [1.82, 2.24) is 14.7 Å². The average Bonchev–Trinajstić information content (AvgIpc) is 2.68. The van der Waals surface area contributed by atoms with Crippen LogP contribution in [0.15, 0.2) is 0 Å². The van der Waals surface area contributed by atoms with Crippen molar-refractivity contribution in [3.05, 3.63) is 0 Å². The molecule has 0 radical (unpaired) electrons. The molecule has 0 bridgehead atoms. The predicted octanol–water partition coefficient (Wildman–Crippen LogP) is 4.29. The molecular formula is C22H51N3O2Si. The van der Waals surface area contributed by atoms with E-state index in [1.54, 1.807) is 0 Å². The van der Waals surface area contributed by atoms with Crippen molar-refractivity contribution < 1.29 is 8.85 Å². The average molecular weight is 418 g/mol. The Morgan fingerprint density at radius 3 is 1.25 bits per heavy atom. The monoisotopic (exact) mass is 417 g/mol. The van der Waals surface area contributed by atoms with Crippen LogP contribution in [0.4, 0.5) is 0 Å². The molecule has 0 saturated heterocycles. The SMILES string of the molecule is CCO[Si](C)(CCCN(CCCN(CC)CC)CCCN(CC)CC)OCC. The quantitative estimate of drug-likeness (QED) is 0.276. The molecule has 0 N–H and O–H groups in total. The third-order valence-electron chi connectivity index (χ3n) is 5.69. The standard InChI is InChI=1S/C22H51N3O2Si/c1-8-23(9-2)17-14-19-25(20-15-18-24(10-3)11-4)21-16-22-28(7,26-12-5)27-13-6/h8-22H2,1-7H3. The van der Waals surface area contributed by atoms with Gasteiger partial charge in [-0.15, -0.1) is 0 Å². The molecule has 28 heavy (non-hydrogen) atoms. The van der Waals surface area contributed by atoms with E-state index in [0.717, 1.165) is 45.4 Å². The van der Waals surface area contributed by atoms with Gasteiger partial charge in [-0.05, 0) is 105 Å². The van der Waals surface area contributed by atoms with Gasteiger partial charge in [0, 0.05) is 13.2 Å². The first kappa shape index (κ1) is 28.0. The Hall–Kier alpha value is 0.0169. The lowest BCUT2D eigenvalue weighted by Crippen LogP contribution is -2.40. The molecule has 0 spiro atoms. The molecule has 0 atom stereocenters. The van der Waals surface area contributed by atoms with Gasteiger partial charge in [-0.2, -0.15) is 0 Å². The van der Waals surface area contributed by atoms with Crippen molar-refractivity contribution in [3.63, 3.8) is 0 Å². The summed E-state index contributed by atoms with van der Waals surface area (Å²) in [5, 5.41) is 0. The van der Waals surface area contributed by atoms with Crippen molar-refractivity contribution in [2.45, 2.75) is 73.4 Å². The van der Waals surface area contributed by atoms with Crippen LogP contribution in [0.3, 0.4) is 0 Å². The highest BCUT2D eigenvalue weighted by Gasteiger charge is 2.30. The summed E-state index contributed by atoms with van der Waals surface area (Å²) in [6, 6.07) is 1.09. The molecule has 0 aromatic rings. The van der Waals surface area contributed by atoms with Gasteiger partial charge in [0.1, 0.15) is 0 Å². The van der Waals surface area contributed by atoms with E-state index in [9.17, 15) is 0 Å². The minimum Gasteiger partial charge on any atom is -0.395 e. The van der Waals surface area contributed by atoms with E-state index in [1.807, 2.05) is 0 Å². The van der Waals surface area contributed by atoms with Crippen molar-refractivity contribution in [2.24, 2.45) is 0 Å². The Morgan fingerprint density at radius 1 is 0.536 bits per heavy atom. The molecule has 0 fully saturated rings. The van der Waals surface area contributed by atoms with Gasteiger partial charge in [0.2, 0.25) is 0 Å². The Bertz CT molecular complexity index is 316. The molecule has 0 aromatic heterocycles. The van der Waals surface area contributed by atoms with E-state index in [0.29, 0.717) is 0 Å². The van der Waals surface area contributed by atoms with Crippen LogP contribution >= 0.6 is 0 Å². The second kappa shape index (κ2) is 17.8. The Morgan fingerprint density at radius 2 is 0.893 bits per heavy atom. The normalized spacial score (nSPS) is 12.6. The number of hydrogen-bond acceptors (Lipinski definition) is 5. The van der Waals surface area contributed by atoms with Crippen LogP contribution in [0.25, 0.3) is 0 Å². The molecule has 0 heterocycles. The number of hydrogen-bond donors (Lipinski definition) is 0. The zero-order valence-electron chi connectivity index (χ0n) is 20.3. The summed E-state index contributed by atoms with van der Waals surface area (Å²) < 4.78 is 12.0.